The summed E-state index contributed by atoms with van der Waals surface area (Å²) in [6, 6.07) is 2.10. The van der Waals surface area contributed by atoms with Gasteiger partial charge in [0.2, 0.25) is 0 Å². The third-order valence-electron chi connectivity index (χ3n) is 2.92. The average Bonchev–Trinajstić information content (AvgIpc) is 2.36. The van der Waals surface area contributed by atoms with Crippen LogP contribution in [0.1, 0.15) is 46.8 Å². The zero-order valence-corrected chi connectivity index (χ0v) is 12.4. The topological polar surface area (TPSA) is 81.5 Å². The predicted octanol–water partition coefficient (Wildman–Crippen LogP) is 3.24. The first kappa shape index (κ1) is 17.7. The minimum atomic E-state index is -4.58. The van der Waals surface area contributed by atoms with E-state index in [0.29, 0.717) is 12.0 Å². The number of carbonyl (C=O) groups is 1. The maximum Gasteiger partial charge on any atom is 0.417 e. The summed E-state index contributed by atoms with van der Waals surface area (Å²) in [5.41, 5.74) is 9.50. The van der Waals surface area contributed by atoms with Gasteiger partial charge >= 0.3 is 6.18 Å². The van der Waals surface area contributed by atoms with Gasteiger partial charge in [0.05, 0.1) is 5.56 Å². The number of halogens is 3. The van der Waals surface area contributed by atoms with Gasteiger partial charge in [0.15, 0.2) is 5.96 Å². The highest BCUT2D eigenvalue weighted by atomic mass is 19.4. The number of aliphatic imine (C=N–C) groups is 1. The lowest BCUT2D eigenvalue weighted by molar-refractivity contribution is -0.137. The maximum atomic E-state index is 13.2. The van der Waals surface area contributed by atoms with Crippen LogP contribution in [0.25, 0.3) is 6.08 Å². The fourth-order valence-corrected chi connectivity index (χ4v) is 1.90. The highest BCUT2D eigenvalue weighted by Crippen LogP contribution is 2.34. The summed E-state index contributed by atoms with van der Waals surface area (Å²) in [6.45, 7) is 3.46. The molecule has 0 atom stereocenters. The van der Waals surface area contributed by atoms with E-state index in [1.54, 1.807) is 6.08 Å². The van der Waals surface area contributed by atoms with Crippen molar-refractivity contribution < 1.29 is 18.0 Å². The van der Waals surface area contributed by atoms with Crippen molar-refractivity contribution >= 4 is 17.9 Å². The summed E-state index contributed by atoms with van der Waals surface area (Å²) in [4.78, 5) is 15.1. The quantitative estimate of drug-likeness (QED) is 0.661. The number of hydrogen-bond donors (Lipinski definition) is 2. The van der Waals surface area contributed by atoms with Gasteiger partial charge in [0.25, 0.3) is 5.91 Å². The number of hydrogen-bond acceptors (Lipinski definition) is 1. The maximum absolute atomic E-state index is 13.2. The van der Waals surface area contributed by atoms with Gasteiger partial charge in [-0.05, 0) is 30.5 Å². The van der Waals surface area contributed by atoms with Crippen molar-refractivity contribution in [3.05, 3.63) is 40.5 Å². The number of aryl methyl sites for hydroxylation is 1. The van der Waals surface area contributed by atoms with E-state index in [9.17, 15) is 18.0 Å². The molecule has 1 amide bonds. The Morgan fingerprint density at radius 3 is 2.45 bits per heavy atom. The van der Waals surface area contributed by atoms with E-state index in [2.05, 4.69) is 4.99 Å². The van der Waals surface area contributed by atoms with Crippen LogP contribution in [0.2, 0.25) is 0 Å². The number of alkyl halides is 3. The Kier molecular flexibility index (Phi) is 5.73. The Balaban J connectivity index is 3.42. The average molecular weight is 313 g/mol. The van der Waals surface area contributed by atoms with Crippen LogP contribution in [-0.4, -0.2) is 11.9 Å². The van der Waals surface area contributed by atoms with Crippen LogP contribution in [0.4, 0.5) is 13.2 Å². The summed E-state index contributed by atoms with van der Waals surface area (Å²) in [6.07, 6.45) is 0.00514. The number of amides is 1. The van der Waals surface area contributed by atoms with Crippen molar-refractivity contribution in [3.8, 4) is 0 Å². The molecule has 0 saturated carbocycles. The second-order valence-corrected chi connectivity index (χ2v) is 4.79. The molecule has 0 aliphatic rings. The van der Waals surface area contributed by atoms with Gasteiger partial charge in [-0.1, -0.05) is 31.6 Å². The van der Waals surface area contributed by atoms with Gasteiger partial charge in [0, 0.05) is 5.56 Å². The lowest BCUT2D eigenvalue weighted by Gasteiger charge is -2.13. The van der Waals surface area contributed by atoms with Crippen molar-refractivity contribution in [3.63, 3.8) is 0 Å². The fourth-order valence-electron chi connectivity index (χ4n) is 1.90. The molecule has 0 fully saturated rings. The van der Waals surface area contributed by atoms with Crippen LogP contribution in [0, 0.1) is 6.92 Å². The van der Waals surface area contributed by atoms with Crippen molar-refractivity contribution in [1.29, 1.82) is 0 Å². The molecule has 0 aromatic heterocycles. The van der Waals surface area contributed by atoms with Crippen LogP contribution >= 0.6 is 0 Å². The van der Waals surface area contributed by atoms with Gasteiger partial charge in [-0.3, -0.25) is 4.79 Å². The SMILES string of the molecule is CCC/C=C/c1cc(C)c(C(=O)N=C(N)N)cc1C(F)(F)F. The van der Waals surface area contributed by atoms with Crippen molar-refractivity contribution in [1.82, 2.24) is 0 Å². The third-order valence-corrected chi connectivity index (χ3v) is 2.92. The minimum Gasteiger partial charge on any atom is -0.370 e. The standard InChI is InChI=1S/C15H18F3N3O/c1-3-4-5-6-10-7-9(2)11(13(22)21-14(19)20)8-12(10)15(16,17)18/h5-8H,3-4H2,1-2H3,(H4,19,20,21,22)/b6-5+. The van der Waals surface area contributed by atoms with Crippen LogP contribution < -0.4 is 11.5 Å². The number of nitrogens with zero attached hydrogens (tertiary/aromatic N) is 1. The predicted molar refractivity (Wildman–Crippen MR) is 80.3 cm³/mol. The smallest absolute Gasteiger partial charge is 0.370 e. The molecule has 4 nitrogen and oxygen atoms in total. The molecule has 0 spiro atoms. The second kappa shape index (κ2) is 7.11. The van der Waals surface area contributed by atoms with Gasteiger partial charge in [0.1, 0.15) is 0 Å². The molecule has 1 aromatic carbocycles. The molecular weight excluding hydrogens is 295 g/mol. The zero-order valence-electron chi connectivity index (χ0n) is 12.4. The number of nitrogens with two attached hydrogens (primary N) is 2. The van der Waals surface area contributed by atoms with Crippen LogP contribution in [0.15, 0.2) is 23.2 Å². The zero-order chi connectivity index (χ0) is 16.9. The van der Waals surface area contributed by atoms with Crippen LogP contribution in [0.3, 0.4) is 0 Å². The fraction of sp³-hybridized carbons (Fsp3) is 0.333. The summed E-state index contributed by atoms with van der Waals surface area (Å²) < 4.78 is 39.5. The number of benzene rings is 1. The lowest BCUT2D eigenvalue weighted by atomic mass is 9.97. The van der Waals surface area contributed by atoms with Gasteiger partial charge in [-0.25, -0.2) is 0 Å². The molecule has 22 heavy (non-hydrogen) atoms. The van der Waals surface area contributed by atoms with E-state index in [-0.39, 0.29) is 11.1 Å². The van der Waals surface area contributed by atoms with Gasteiger partial charge < -0.3 is 11.5 Å². The highest BCUT2D eigenvalue weighted by molar-refractivity contribution is 6.03. The summed E-state index contributed by atoms with van der Waals surface area (Å²) >= 11 is 0. The molecule has 0 saturated heterocycles. The van der Waals surface area contributed by atoms with E-state index >= 15 is 0 Å². The highest BCUT2D eigenvalue weighted by Gasteiger charge is 2.34. The van der Waals surface area contributed by atoms with E-state index in [0.717, 1.165) is 12.5 Å². The van der Waals surface area contributed by atoms with Gasteiger partial charge in [-0.2, -0.15) is 18.2 Å². The van der Waals surface area contributed by atoms with E-state index in [1.165, 1.54) is 19.1 Å². The number of unbranched alkanes of at least 4 members (excludes halogenated alkanes) is 1. The minimum absolute atomic E-state index is 0.0136. The second-order valence-electron chi connectivity index (χ2n) is 4.79. The third kappa shape index (κ3) is 4.61. The Morgan fingerprint density at radius 1 is 1.32 bits per heavy atom. The number of rotatable bonds is 4. The Morgan fingerprint density at radius 2 is 1.95 bits per heavy atom. The summed E-state index contributed by atoms with van der Waals surface area (Å²) in [5, 5.41) is 0. The van der Waals surface area contributed by atoms with Gasteiger partial charge in [-0.15, -0.1) is 0 Å². The molecule has 4 N–H and O–H groups in total. The molecule has 7 heteroatoms. The summed E-state index contributed by atoms with van der Waals surface area (Å²) in [7, 11) is 0. The Hall–Kier alpha value is -2.31. The molecule has 0 bridgehead atoms. The first-order chi connectivity index (χ1) is 10.2. The Bertz CT molecular complexity index is 615. The molecule has 120 valence electrons. The van der Waals surface area contributed by atoms with E-state index in [1.807, 2.05) is 6.92 Å². The first-order valence-corrected chi connectivity index (χ1v) is 6.69. The summed E-state index contributed by atoms with van der Waals surface area (Å²) in [5.74, 6) is -1.39. The number of guanidine groups is 1. The van der Waals surface area contributed by atoms with E-state index in [4.69, 9.17) is 11.5 Å². The lowest BCUT2D eigenvalue weighted by Crippen LogP contribution is -2.24. The molecule has 0 aliphatic carbocycles. The molecular formula is C15H18F3N3O. The normalized spacial score (nSPS) is 11.7. The number of carbonyl (C=O) groups excluding carboxylic acids is 1. The van der Waals surface area contributed by atoms with Crippen LogP contribution in [0.5, 0.6) is 0 Å². The molecule has 0 aliphatic heterocycles. The van der Waals surface area contributed by atoms with E-state index < -0.39 is 23.6 Å². The van der Waals surface area contributed by atoms with Crippen molar-refractivity contribution in [2.45, 2.75) is 32.9 Å². The first-order valence-electron chi connectivity index (χ1n) is 6.69. The molecule has 1 aromatic rings. The Labute approximate surface area is 126 Å². The molecule has 1 rings (SSSR count). The van der Waals surface area contributed by atoms with Crippen molar-refractivity contribution in [2.24, 2.45) is 16.5 Å². The van der Waals surface area contributed by atoms with Crippen molar-refractivity contribution in [2.75, 3.05) is 0 Å². The molecule has 0 radical (unpaired) electrons. The molecule has 0 heterocycles. The largest absolute Gasteiger partial charge is 0.417 e. The number of allylic oxidation sites excluding steroid dienone is 1. The monoisotopic (exact) mass is 313 g/mol. The van der Waals surface area contributed by atoms with Crippen LogP contribution in [-0.2, 0) is 6.18 Å². The molecule has 0 unspecified atom stereocenters.